The number of hydrogen-bond acceptors (Lipinski definition) is 5. The SMILES string of the molecule is CCOc1ccccc1Nc1cc(Nc2cccc(C)c2C)ncn1. The fourth-order valence-corrected chi connectivity index (χ4v) is 2.51. The molecule has 2 aromatic carbocycles. The van der Waals surface area contributed by atoms with Gasteiger partial charge < -0.3 is 15.4 Å². The normalized spacial score (nSPS) is 10.4. The molecule has 0 aliphatic carbocycles. The number of nitrogens with one attached hydrogen (secondary N) is 2. The molecule has 0 spiro atoms. The molecule has 3 aromatic rings. The van der Waals surface area contributed by atoms with Gasteiger partial charge in [-0.1, -0.05) is 24.3 Å². The van der Waals surface area contributed by atoms with Crippen LogP contribution in [0, 0.1) is 13.8 Å². The number of benzene rings is 2. The molecule has 0 fully saturated rings. The van der Waals surface area contributed by atoms with E-state index in [2.05, 4.69) is 40.5 Å². The maximum absolute atomic E-state index is 5.64. The van der Waals surface area contributed by atoms with E-state index in [-0.39, 0.29) is 0 Å². The summed E-state index contributed by atoms with van der Waals surface area (Å²) in [5.41, 5.74) is 4.36. The third-order valence-corrected chi connectivity index (χ3v) is 3.98. The lowest BCUT2D eigenvalue weighted by Crippen LogP contribution is -2.01. The zero-order valence-electron chi connectivity index (χ0n) is 14.7. The number of nitrogens with zero attached hydrogens (tertiary/aromatic N) is 2. The minimum Gasteiger partial charge on any atom is -0.492 e. The van der Waals surface area contributed by atoms with E-state index >= 15 is 0 Å². The monoisotopic (exact) mass is 334 g/mol. The molecule has 128 valence electrons. The van der Waals surface area contributed by atoms with Crippen molar-refractivity contribution in [3.05, 3.63) is 66.0 Å². The van der Waals surface area contributed by atoms with E-state index in [1.165, 1.54) is 11.1 Å². The van der Waals surface area contributed by atoms with Gasteiger partial charge in [-0.15, -0.1) is 0 Å². The summed E-state index contributed by atoms with van der Waals surface area (Å²) in [6.45, 7) is 6.77. The third kappa shape index (κ3) is 4.07. The molecule has 0 bridgehead atoms. The molecule has 25 heavy (non-hydrogen) atoms. The molecule has 0 atom stereocenters. The van der Waals surface area contributed by atoms with Crippen LogP contribution in [0.4, 0.5) is 23.0 Å². The Bertz CT molecular complexity index is 864. The number of rotatable bonds is 6. The van der Waals surface area contributed by atoms with Gasteiger partial charge in [0.05, 0.1) is 12.3 Å². The lowest BCUT2D eigenvalue weighted by atomic mass is 10.1. The Hall–Kier alpha value is -3.08. The van der Waals surface area contributed by atoms with E-state index in [9.17, 15) is 0 Å². The predicted molar refractivity (Wildman–Crippen MR) is 102 cm³/mol. The van der Waals surface area contributed by atoms with Crippen molar-refractivity contribution in [1.29, 1.82) is 0 Å². The van der Waals surface area contributed by atoms with Crippen molar-refractivity contribution >= 4 is 23.0 Å². The summed E-state index contributed by atoms with van der Waals surface area (Å²) in [4.78, 5) is 8.61. The molecule has 0 saturated heterocycles. The fourth-order valence-electron chi connectivity index (χ4n) is 2.51. The van der Waals surface area contributed by atoms with Crippen LogP contribution in [0.25, 0.3) is 0 Å². The Morgan fingerprint density at radius 3 is 2.32 bits per heavy atom. The van der Waals surface area contributed by atoms with Crippen molar-refractivity contribution in [2.24, 2.45) is 0 Å². The van der Waals surface area contributed by atoms with Gasteiger partial charge in [0.1, 0.15) is 23.7 Å². The van der Waals surface area contributed by atoms with Crippen molar-refractivity contribution in [2.75, 3.05) is 17.2 Å². The van der Waals surface area contributed by atoms with Gasteiger partial charge in [-0.2, -0.15) is 0 Å². The van der Waals surface area contributed by atoms with E-state index < -0.39 is 0 Å². The Labute approximate surface area is 148 Å². The average molecular weight is 334 g/mol. The Morgan fingerprint density at radius 2 is 1.56 bits per heavy atom. The second-order valence-electron chi connectivity index (χ2n) is 5.72. The molecule has 0 radical (unpaired) electrons. The number of aromatic nitrogens is 2. The average Bonchev–Trinajstić information content (AvgIpc) is 2.61. The molecular formula is C20H22N4O. The van der Waals surface area contributed by atoms with Crippen LogP contribution < -0.4 is 15.4 Å². The van der Waals surface area contributed by atoms with Gasteiger partial charge in [-0.25, -0.2) is 9.97 Å². The molecular weight excluding hydrogens is 312 g/mol. The Balaban J connectivity index is 1.81. The predicted octanol–water partition coefficient (Wildman–Crippen LogP) is 4.98. The highest BCUT2D eigenvalue weighted by molar-refractivity contribution is 5.68. The van der Waals surface area contributed by atoms with Crippen molar-refractivity contribution < 1.29 is 4.74 Å². The second kappa shape index (κ2) is 7.66. The number of anilines is 4. The molecule has 0 saturated carbocycles. The first-order valence-corrected chi connectivity index (χ1v) is 8.31. The molecule has 0 aliphatic heterocycles. The van der Waals surface area contributed by atoms with Gasteiger partial charge in [0, 0.05) is 11.8 Å². The van der Waals surface area contributed by atoms with Gasteiger partial charge in [0.2, 0.25) is 0 Å². The lowest BCUT2D eigenvalue weighted by Gasteiger charge is -2.13. The number of hydrogen-bond donors (Lipinski definition) is 2. The highest BCUT2D eigenvalue weighted by Gasteiger charge is 2.06. The zero-order valence-corrected chi connectivity index (χ0v) is 14.7. The first-order valence-electron chi connectivity index (χ1n) is 8.31. The van der Waals surface area contributed by atoms with Crippen LogP contribution in [0.2, 0.25) is 0 Å². The highest BCUT2D eigenvalue weighted by Crippen LogP contribution is 2.28. The standard InChI is InChI=1S/C20H22N4O/c1-4-25-18-11-6-5-9-17(18)24-20-12-19(21-13-22-20)23-16-10-7-8-14(2)15(16)3/h5-13H,4H2,1-3H3,(H2,21,22,23,24). The van der Waals surface area contributed by atoms with Crippen molar-refractivity contribution in [3.63, 3.8) is 0 Å². The van der Waals surface area contributed by atoms with Crippen LogP contribution in [0.15, 0.2) is 54.9 Å². The maximum atomic E-state index is 5.64. The molecule has 1 heterocycles. The molecule has 0 amide bonds. The third-order valence-electron chi connectivity index (χ3n) is 3.98. The minimum atomic E-state index is 0.613. The zero-order chi connectivity index (χ0) is 17.6. The number of aryl methyl sites for hydroxylation is 1. The molecule has 5 nitrogen and oxygen atoms in total. The Kier molecular flexibility index (Phi) is 5.14. The number of ether oxygens (including phenoxy) is 1. The summed E-state index contributed by atoms with van der Waals surface area (Å²) in [5, 5.41) is 6.65. The van der Waals surface area contributed by atoms with E-state index in [0.29, 0.717) is 12.4 Å². The van der Waals surface area contributed by atoms with Gasteiger partial charge in [0.15, 0.2) is 0 Å². The van der Waals surface area contributed by atoms with E-state index in [0.717, 1.165) is 22.9 Å². The topological polar surface area (TPSA) is 59.1 Å². The van der Waals surface area contributed by atoms with Crippen molar-refractivity contribution in [3.8, 4) is 5.75 Å². The largest absolute Gasteiger partial charge is 0.492 e. The van der Waals surface area contributed by atoms with Crippen LogP contribution in [0.5, 0.6) is 5.75 Å². The van der Waals surface area contributed by atoms with Crippen LogP contribution in [-0.2, 0) is 0 Å². The van der Waals surface area contributed by atoms with E-state index in [4.69, 9.17) is 4.74 Å². The Morgan fingerprint density at radius 1 is 0.880 bits per heavy atom. The smallest absolute Gasteiger partial charge is 0.142 e. The van der Waals surface area contributed by atoms with Gasteiger partial charge in [-0.05, 0) is 50.1 Å². The van der Waals surface area contributed by atoms with Gasteiger partial charge in [0.25, 0.3) is 0 Å². The molecule has 0 aliphatic rings. The summed E-state index contributed by atoms with van der Waals surface area (Å²) in [7, 11) is 0. The molecule has 5 heteroatoms. The first-order chi connectivity index (χ1) is 12.2. The lowest BCUT2D eigenvalue weighted by molar-refractivity contribution is 0.342. The molecule has 0 unspecified atom stereocenters. The summed E-state index contributed by atoms with van der Waals surface area (Å²) < 4.78 is 5.64. The first kappa shape index (κ1) is 16.8. The van der Waals surface area contributed by atoms with Gasteiger partial charge >= 0.3 is 0 Å². The van der Waals surface area contributed by atoms with Crippen LogP contribution in [0.3, 0.4) is 0 Å². The molecule has 2 N–H and O–H groups in total. The summed E-state index contributed by atoms with van der Waals surface area (Å²) in [5.74, 6) is 2.24. The summed E-state index contributed by atoms with van der Waals surface area (Å²) >= 11 is 0. The van der Waals surface area contributed by atoms with Crippen LogP contribution in [-0.4, -0.2) is 16.6 Å². The van der Waals surface area contributed by atoms with Crippen molar-refractivity contribution in [2.45, 2.75) is 20.8 Å². The van der Waals surface area contributed by atoms with Crippen LogP contribution in [0.1, 0.15) is 18.1 Å². The fraction of sp³-hybridized carbons (Fsp3) is 0.200. The van der Waals surface area contributed by atoms with E-state index in [1.54, 1.807) is 6.33 Å². The second-order valence-corrected chi connectivity index (χ2v) is 5.72. The quantitative estimate of drug-likeness (QED) is 0.666. The molecule has 3 rings (SSSR count). The van der Waals surface area contributed by atoms with Gasteiger partial charge in [-0.3, -0.25) is 0 Å². The highest BCUT2D eigenvalue weighted by atomic mass is 16.5. The maximum Gasteiger partial charge on any atom is 0.142 e. The minimum absolute atomic E-state index is 0.613. The molecule has 1 aromatic heterocycles. The number of para-hydroxylation sites is 2. The summed E-state index contributed by atoms with van der Waals surface area (Å²) in [6, 6.07) is 15.9. The van der Waals surface area contributed by atoms with E-state index in [1.807, 2.05) is 49.4 Å². The van der Waals surface area contributed by atoms with Crippen LogP contribution >= 0.6 is 0 Å². The summed E-state index contributed by atoms with van der Waals surface area (Å²) in [6.07, 6.45) is 1.54. The van der Waals surface area contributed by atoms with Crippen molar-refractivity contribution in [1.82, 2.24) is 9.97 Å².